The monoisotopic (exact) mass is 327 g/mol. The van der Waals surface area contributed by atoms with Gasteiger partial charge < -0.3 is 14.5 Å². The number of piperazine rings is 1. The Morgan fingerprint density at radius 2 is 2.00 bits per heavy atom. The molecule has 8 heteroatoms. The van der Waals surface area contributed by atoms with Crippen molar-refractivity contribution in [1.29, 1.82) is 0 Å². The number of benzene rings is 1. The lowest BCUT2D eigenvalue weighted by Crippen LogP contribution is -2.46. The highest BCUT2D eigenvalue weighted by Crippen LogP contribution is 2.37. The Morgan fingerprint density at radius 1 is 1.36 bits per heavy atom. The van der Waals surface area contributed by atoms with Crippen LogP contribution in [0.2, 0.25) is 5.02 Å². The zero-order valence-corrected chi connectivity index (χ0v) is 13.3. The lowest BCUT2D eigenvalue weighted by Gasteiger charge is -2.35. The van der Waals surface area contributed by atoms with Crippen LogP contribution in [0.15, 0.2) is 12.1 Å². The summed E-state index contributed by atoms with van der Waals surface area (Å²) < 4.78 is 4.60. The number of methoxy groups -OCH3 is 1. The van der Waals surface area contributed by atoms with Crippen molar-refractivity contribution in [3.05, 3.63) is 32.8 Å². The summed E-state index contributed by atoms with van der Waals surface area (Å²) >= 11 is 6.22. The highest BCUT2D eigenvalue weighted by atomic mass is 35.5. The number of rotatable bonds is 4. The summed E-state index contributed by atoms with van der Waals surface area (Å²) in [5, 5.41) is 11.6. The standard InChI is InChI=1S/C14H18ClN3O4/c1-3-16-4-6-17(7-5-16)13-11(15)8-10(14(19)22-2)9-12(13)18(20)21/h8-9H,3-7H2,1-2H3. The third-order valence-corrected chi connectivity index (χ3v) is 4.08. The number of carbonyl (C=O) groups is 1. The predicted molar refractivity (Wildman–Crippen MR) is 83.8 cm³/mol. The normalized spacial score (nSPS) is 15.7. The maximum Gasteiger partial charge on any atom is 0.338 e. The molecule has 1 aliphatic heterocycles. The Labute approximate surface area is 133 Å². The number of ether oxygens (including phenoxy) is 1. The van der Waals surface area contributed by atoms with Crippen LogP contribution in [0.4, 0.5) is 11.4 Å². The molecule has 7 nitrogen and oxygen atoms in total. The molecule has 0 amide bonds. The van der Waals surface area contributed by atoms with Crippen molar-refractivity contribution in [1.82, 2.24) is 4.90 Å². The molecule has 0 aliphatic carbocycles. The molecule has 22 heavy (non-hydrogen) atoms. The molecule has 0 N–H and O–H groups in total. The van der Waals surface area contributed by atoms with Crippen LogP contribution >= 0.6 is 11.6 Å². The number of halogens is 1. The first-order valence-corrected chi connectivity index (χ1v) is 7.39. The van der Waals surface area contributed by atoms with Gasteiger partial charge in [0.1, 0.15) is 5.69 Å². The van der Waals surface area contributed by atoms with Crippen LogP contribution in [0.5, 0.6) is 0 Å². The number of hydrogen-bond donors (Lipinski definition) is 0. The second-order valence-electron chi connectivity index (χ2n) is 5.00. The van der Waals surface area contributed by atoms with Crippen molar-refractivity contribution >= 4 is 28.9 Å². The molecule has 1 aromatic carbocycles. The summed E-state index contributed by atoms with van der Waals surface area (Å²) in [6, 6.07) is 2.64. The molecular weight excluding hydrogens is 310 g/mol. The van der Waals surface area contributed by atoms with Gasteiger partial charge in [-0.3, -0.25) is 10.1 Å². The smallest absolute Gasteiger partial charge is 0.338 e. The zero-order chi connectivity index (χ0) is 16.3. The van der Waals surface area contributed by atoms with Gasteiger partial charge in [-0.2, -0.15) is 0 Å². The van der Waals surface area contributed by atoms with Gasteiger partial charge in [-0.05, 0) is 12.6 Å². The maximum absolute atomic E-state index is 11.6. The summed E-state index contributed by atoms with van der Waals surface area (Å²) in [4.78, 5) is 26.6. The molecule has 1 aromatic rings. The van der Waals surface area contributed by atoms with Crippen molar-refractivity contribution < 1.29 is 14.5 Å². The average molecular weight is 328 g/mol. The van der Waals surface area contributed by atoms with E-state index in [4.69, 9.17) is 11.6 Å². The Hall–Kier alpha value is -1.86. The molecular formula is C14H18ClN3O4. The fourth-order valence-corrected chi connectivity index (χ4v) is 2.89. The molecule has 0 aromatic heterocycles. The van der Waals surface area contributed by atoms with Gasteiger partial charge in [0.05, 0.1) is 22.6 Å². The van der Waals surface area contributed by atoms with Gasteiger partial charge >= 0.3 is 5.97 Å². The topological polar surface area (TPSA) is 75.9 Å². The fourth-order valence-electron chi connectivity index (χ4n) is 2.56. The minimum Gasteiger partial charge on any atom is -0.465 e. The van der Waals surface area contributed by atoms with E-state index in [1.807, 2.05) is 4.90 Å². The van der Waals surface area contributed by atoms with Crippen molar-refractivity contribution in [3.63, 3.8) is 0 Å². The number of nitro groups is 1. The van der Waals surface area contributed by atoms with Gasteiger partial charge in [-0.15, -0.1) is 0 Å². The van der Waals surface area contributed by atoms with E-state index in [0.717, 1.165) is 19.6 Å². The van der Waals surface area contributed by atoms with Crippen LogP contribution in [-0.2, 0) is 4.74 Å². The molecule has 1 heterocycles. The van der Waals surface area contributed by atoms with E-state index < -0.39 is 10.9 Å². The summed E-state index contributed by atoms with van der Waals surface area (Å²) in [5.74, 6) is -0.646. The highest BCUT2D eigenvalue weighted by Gasteiger charge is 2.28. The second-order valence-corrected chi connectivity index (χ2v) is 5.40. The molecule has 2 rings (SSSR count). The summed E-state index contributed by atoms with van der Waals surface area (Å²) in [6.45, 7) is 5.99. The summed E-state index contributed by atoms with van der Waals surface area (Å²) in [6.07, 6.45) is 0. The van der Waals surface area contributed by atoms with Crippen LogP contribution < -0.4 is 4.90 Å². The molecule has 1 aliphatic rings. The van der Waals surface area contributed by atoms with E-state index in [0.29, 0.717) is 18.8 Å². The summed E-state index contributed by atoms with van der Waals surface area (Å²) in [5.41, 5.74) is 0.281. The molecule has 120 valence electrons. The number of nitro benzene ring substituents is 1. The van der Waals surface area contributed by atoms with E-state index in [9.17, 15) is 14.9 Å². The maximum atomic E-state index is 11.6. The van der Waals surface area contributed by atoms with Gasteiger partial charge in [0.15, 0.2) is 0 Å². The van der Waals surface area contributed by atoms with E-state index in [1.54, 1.807) is 0 Å². The molecule has 1 saturated heterocycles. The van der Waals surface area contributed by atoms with Gasteiger partial charge in [0, 0.05) is 32.2 Å². The van der Waals surface area contributed by atoms with Crippen LogP contribution in [0.25, 0.3) is 0 Å². The Morgan fingerprint density at radius 3 is 2.50 bits per heavy atom. The van der Waals surface area contributed by atoms with Crippen molar-refractivity contribution in [2.24, 2.45) is 0 Å². The first-order valence-electron chi connectivity index (χ1n) is 7.01. The molecule has 0 unspecified atom stereocenters. The first-order chi connectivity index (χ1) is 10.5. The lowest BCUT2D eigenvalue weighted by atomic mass is 10.1. The number of esters is 1. The minimum atomic E-state index is -0.646. The third kappa shape index (κ3) is 3.31. The van der Waals surface area contributed by atoms with Crippen LogP contribution in [0.1, 0.15) is 17.3 Å². The van der Waals surface area contributed by atoms with Gasteiger partial charge in [-0.1, -0.05) is 18.5 Å². The predicted octanol–water partition coefficient (Wildman–Crippen LogP) is 2.18. The number of hydrogen-bond acceptors (Lipinski definition) is 6. The van der Waals surface area contributed by atoms with Crippen LogP contribution in [-0.4, -0.2) is 55.6 Å². The van der Waals surface area contributed by atoms with E-state index in [-0.39, 0.29) is 16.3 Å². The molecule has 0 saturated carbocycles. The van der Waals surface area contributed by atoms with Gasteiger partial charge in [0.25, 0.3) is 5.69 Å². The van der Waals surface area contributed by atoms with Crippen molar-refractivity contribution in [3.8, 4) is 0 Å². The summed E-state index contributed by atoms with van der Waals surface area (Å²) in [7, 11) is 1.22. The van der Waals surface area contributed by atoms with E-state index >= 15 is 0 Å². The largest absolute Gasteiger partial charge is 0.465 e. The molecule has 0 atom stereocenters. The number of nitrogens with zero attached hydrogens (tertiary/aromatic N) is 3. The molecule has 1 fully saturated rings. The highest BCUT2D eigenvalue weighted by molar-refractivity contribution is 6.34. The van der Waals surface area contributed by atoms with E-state index in [1.165, 1.54) is 19.2 Å². The fraction of sp³-hybridized carbons (Fsp3) is 0.500. The quantitative estimate of drug-likeness (QED) is 0.479. The van der Waals surface area contributed by atoms with Crippen LogP contribution in [0, 0.1) is 10.1 Å². The third-order valence-electron chi connectivity index (χ3n) is 3.80. The first kappa shape index (κ1) is 16.5. The number of carbonyl (C=O) groups excluding carboxylic acids is 1. The minimum absolute atomic E-state index is 0.0788. The van der Waals surface area contributed by atoms with Gasteiger partial charge in [0.2, 0.25) is 0 Å². The SMILES string of the molecule is CCN1CCN(c2c(Cl)cc(C(=O)OC)cc2[N+](=O)[O-])CC1. The van der Waals surface area contributed by atoms with Crippen molar-refractivity contribution in [2.45, 2.75) is 6.92 Å². The lowest BCUT2D eigenvalue weighted by molar-refractivity contribution is -0.384. The molecule has 0 spiro atoms. The Bertz CT molecular complexity index is 586. The molecule has 0 bridgehead atoms. The Kier molecular flexibility index (Phi) is 5.20. The van der Waals surface area contributed by atoms with Crippen LogP contribution in [0.3, 0.4) is 0 Å². The average Bonchev–Trinajstić information content (AvgIpc) is 2.53. The zero-order valence-electron chi connectivity index (χ0n) is 12.5. The van der Waals surface area contributed by atoms with Crippen molar-refractivity contribution in [2.75, 3.05) is 44.7 Å². The number of likely N-dealkylation sites (N-methyl/N-ethyl adjacent to an activating group) is 1. The van der Waals surface area contributed by atoms with E-state index in [2.05, 4.69) is 16.6 Å². The second kappa shape index (κ2) is 6.93. The van der Waals surface area contributed by atoms with Gasteiger partial charge in [-0.25, -0.2) is 4.79 Å². The Balaban J connectivity index is 2.38. The molecule has 0 radical (unpaired) electrons. The number of anilines is 1.